The normalized spacial score (nSPS) is 13.6. The summed E-state index contributed by atoms with van der Waals surface area (Å²) >= 11 is 14.3. The molecule has 0 bridgehead atoms. The zero-order valence-corrected chi connectivity index (χ0v) is 14.4. The number of likely N-dealkylation sites (N-methyl/N-ethyl adjacent to an activating group) is 1. The van der Waals surface area contributed by atoms with Gasteiger partial charge in [-0.2, -0.15) is 11.8 Å². The van der Waals surface area contributed by atoms with Gasteiger partial charge in [0.1, 0.15) is 0 Å². The fourth-order valence-electron chi connectivity index (χ4n) is 1.80. The van der Waals surface area contributed by atoms with Crippen molar-refractivity contribution in [2.45, 2.75) is 44.9 Å². The van der Waals surface area contributed by atoms with Gasteiger partial charge < -0.3 is 5.32 Å². The highest BCUT2D eigenvalue weighted by Gasteiger charge is 2.17. The fourth-order valence-corrected chi connectivity index (χ4v) is 3.13. The predicted molar refractivity (Wildman–Crippen MR) is 89.8 cm³/mol. The zero-order chi connectivity index (χ0) is 14.5. The largest absolute Gasteiger partial charge is 0.313 e. The number of rotatable bonds is 6. The van der Waals surface area contributed by atoms with Gasteiger partial charge in [0.2, 0.25) is 0 Å². The van der Waals surface area contributed by atoms with Gasteiger partial charge in [0.05, 0.1) is 10.0 Å². The topological polar surface area (TPSA) is 12.0 Å². The van der Waals surface area contributed by atoms with Crippen molar-refractivity contribution in [2.24, 2.45) is 0 Å². The molecule has 0 aromatic heterocycles. The Hall–Kier alpha value is 0.110. The minimum atomic E-state index is 0.284. The molecule has 0 spiro atoms. The van der Waals surface area contributed by atoms with Crippen LogP contribution in [0.4, 0.5) is 0 Å². The molecule has 0 saturated carbocycles. The Balaban J connectivity index is 2.70. The number of nitrogens with one attached hydrogen (secondary N) is 1. The second-order valence-corrected chi connectivity index (χ2v) is 8.23. The van der Waals surface area contributed by atoms with Crippen LogP contribution in [0.15, 0.2) is 18.2 Å². The van der Waals surface area contributed by atoms with Gasteiger partial charge in [0.15, 0.2) is 0 Å². The van der Waals surface area contributed by atoms with Crippen LogP contribution in [-0.2, 0) is 6.42 Å². The van der Waals surface area contributed by atoms with E-state index in [1.807, 2.05) is 23.9 Å². The molecule has 0 fully saturated rings. The van der Waals surface area contributed by atoms with Crippen molar-refractivity contribution in [3.63, 3.8) is 0 Å². The van der Waals surface area contributed by atoms with Crippen LogP contribution in [-0.4, -0.2) is 23.1 Å². The smallest absolute Gasteiger partial charge is 0.0624 e. The fraction of sp³-hybridized carbons (Fsp3) is 0.600. The number of halogens is 2. The van der Waals surface area contributed by atoms with E-state index in [4.69, 9.17) is 23.2 Å². The molecule has 1 nitrogen and oxygen atoms in total. The zero-order valence-electron chi connectivity index (χ0n) is 12.1. The molecule has 0 saturated heterocycles. The molecule has 0 amide bonds. The van der Waals surface area contributed by atoms with Gasteiger partial charge in [-0.25, -0.2) is 0 Å². The first kappa shape index (κ1) is 17.2. The summed E-state index contributed by atoms with van der Waals surface area (Å²) in [4.78, 5) is 0. The van der Waals surface area contributed by atoms with Crippen LogP contribution in [0.3, 0.4) is 0 Å². The first-order chi connectivity index (χ1) is 8.83. The summed E-state index contributed by atoms with van der Waals surface area (Å²) in [6.45, 7) is 9.83. The number of hydrogen-bond acceptors (Lipinski definition) is 2. The number of hydrogen-bond donors (Lipinski definition) is 1. The Morgan fingerprint density at radius 2 is 1.95 bits per heavy atom. The van der Waals surface area contributed by atoms with Crippen molar-refractivity contribution in [1.82, 2.24) is 5.32 Å². The van der Waals surface area contributed by atoms with Gasteiger partial charge >= 0.3 is 0 Å². The van der Waals surface area contributed by atoms with E-state index in [9.17, 15) is 0 Å². The van der Waals surface area contributed by atoms with Crippen molar-refractivity contribution < 1.29 is 0 Å². The molecule has 0 radical (unpaired) electrons. The molecule has 0 heterocycles. The summed E-state index contributed by atoms with van der Waals surface area (Å²) in [7, 11) is 0. The van der Waals surface area contributed by atoms with Crippen LogP contribution in [0.1, 0.15) is 33.3 Å². The highest BCUT2D eigenvalue weighted by atomic mass is 35.5. The van der Waals surface area contributed by atoms with Crippen molar-refractivity contribution in [3.8, 4) is 0 Å². The van der Waals surface area contributed by atoms with Crippen molar-refractivity contribution >= 4 is 35.0 Å². The third-order valence-corrected chi connectivity index (χ3v) is 5.00. The van der Waals surface area contributed by atoms with E-state index in [0.717, 1.165) is 24.3 Å². The summed E-state index contributed by atoms with van der Waals surface area (Å²) in [5, 5.41) is 4.85. The maximum absolute atomic E-state index is 6.26. The highest BCUT2D eigenvalue weighted by Crippen LogP contribution is 2.28. The Morgan fingerprint density at radius 3 is 2.53 bits per heavy atom. The second-order valence-electron chi connectivity index (χ2n) is 5.60. The van der Waals surface area contributed by atoms with Crippen LogP contribution >= 0.6 is 35.0 Å². The molecular weight excluding hydrogens is 297 g/mol. The van der Waals surface area contributed by atoms with Crippen molar-refractivity contribution in [2.75, 3.05) is 12.3 Å². The Labute approximate surface area is 131 Å². The van der Waals surface area contributed by atoms with Crippen LogP contribution in [0.25, 0.3) is 0 Å². The highest BCUT2D eigenvalue weighted by molar-refractivity contribution is 8.00. The van der Waals surface area contributed by atoms with Crippen molar-refractivity contribution in [1.29, 1.82) is 0 Å². The minimum Gasteiger partial charge on any atom is -0.313 e. The molecule has 108 valence electrons. The van der Waals surface area contributed by atoms with E-state index in [0.29, 0.717) is 16.1 Å². The van der Waals surface area contributed by atoms with E-state index in [1.54, 1.807) is 0 Å². The van der Waals surface area contributed by atoms with Crippen LogP contribution in [0.2, 0.25) is 10.0 Å². The first-order valence-electron chi connectivity index (χ1n) is 6.63. The Bertz CT molecular complexity index is 402. The lowest BCUT2D eigenvalue weighted by molar-refractivity contribution is 0.570. The van der Waals surface area contributed by atoms with E-state index in [2.05, 4.69) is 39.1 Å². The molecular formula is C15H23Cl2NS. The lowest BCUT2D eigenvalue weighted by Gasteiger charge is -2.24. The van der Waals surface area contributed by atoms with Gasteiger partial charge in [-0.1, -0.05) is 63.0 Å². The van der Waals surface area contributed by atoms with Gasteiger partial charge in [0, 0.05) is 16.5 Å². The maximum atomic E-state index is 6.26. The van der Waals surface area contributed by atoms with Crippen LogP contribution in [0.5, 0.6) is 0 Å². The molecule has 4 heteroatoms. The third kappa shape index (κ3) is 6.40. The molecule has 0 aliphatic rings. The molecule has 1 unspecified atom stereocenters. The predicted octanol–water partition coefficient (Wildman–Crippen LogP) is 5.05. The SMILES string of the molecule is CCNC(CSC(C)(C)C)Cc1cccc(Cl)c1Cl. The van der Waals surface area contributed by atoms with Gasteiger partial charge in [0.25, 0.3) is 0 Å². The number of thioether (sulfide) groups is 1. The van der Waals surface area contributed by atoms with Gasteiger partial charge in [-0.05, 0) is 24.6 Å². The molecule has 0 aliphatic carbocycles. The molecule has 1 N–H and O–H groups in total. The maximum Gasteiger partial charge on any atom is 0.0624 e. The quantitative estimate of drug-likeness (QED) is 0.787. The van der Waals surface area contributed by atoms with Crippen LogP contribution in [0, 0.1) is 0 Å². The summed E-state index contributed by atoms with van der Waals surface area (Å²) in [6, 6.07) is 6.27. The first-order valence-corrected chi connectivity index (χ1v) is 8.38. The summed E-state index contributed by atoms with van der Waals surface area (Å²) in [5.41, 5.74) is 1.12. The summed E-state index contributed by atoms with van der Waals surface area (Å²) in [6.07, 6.45) is 0.913. The van der Waals surface area contributed by atoms with Crippen LogP contribution < -0.4 is 5.32 Å². The Morgan fingerprint density at radius 1 is 1.26 bits per heavy atom. The minimum absolute atomic E-state index is 0.284. The van der Waals surface area contributed by atoms with E-state index >= 15 is 0 Å². The molecule has 19 heavy (non-hydrogen) atoms. The molecule has 1 aromatic rings. The van der Waals surface area contributed by atoms with E-state index in [-0.39, 0.29) is 4.75 Å². The molecule has 1 aromatic carbocycles. The lowest BCUT2D eigenvalue weighted by Crippen LogP contribution is -2.34. The second kappa shape index (κ2) is 7.78. The number of benzene rings is 1. The third-order valence-electron chi connectivity index (χ3n) is 2.71. The summed E-state index contributed by atoms with van der Waals surface area (Å²) < 4.78 is 0.284. The molecule has 1 atom stereocenters. The standard InChI is InChI=1S/C15H23Cl2NS/c1-5-18-12(10-19-15(2,3)4)9-11-7-6-8-13(16)14(11)17/h6-8,12,18H,5,9-10H2,1-4H3. The van der Waals surface area contributed by atoms with Gasteiger partial charge in [-0.3, -0.25) is 0 Å². The molecule has 0 aliphatic heterocycles. The van der Waals surface area contributed by atoms with E-state index < -0.39 is 0 Å². The average molecular weight is 320 g/mol. The Kier molecular flexibility index (Phi) is 7.02. The average Bonchev–Trinajstić information content (AvgIpc) is 2.31. The van der Waals surface area contributed by atoms with Gasteiger partial charge in [-0.15, -0.1) is 0 Å². The summed E-state index contributed by atoms with van der Waals surface area (Å²) in [5.74, 6) is 1.07. The lowest BCUT2D eigenvalue weighted by atomic mass is 10.1. The monoisotopic (exact) mass is 319 g/mol. The van der Waals surface area contributed by atoms with E-state index in [1.165, 1.54) is 0 Å². The van der Waals surface area contributed by atoms with Crippen molar-refractivity contribution in [3.05, 3.63) is 33.8 Å². The molecule has 1 rings (SSSR count).